The number of alkyl halides is 3. The second kappa shape index (κ2) is 4.54. The normalized spacial score (nSPS) is 18.1. The zero-order valence-electron chi connectivity index (χ0n) is 10.3. The van der Waals surface area contributed by atoms with Gasteiger partial charge in [0.1, 0.15) is 5.52 Å². The van der Waals surface area contributed by atoms with Gasteiger partial charge in [-0.3, -0.25) is 0 Å². The first-order valence-electron chi connectivity index (χ1n) is 6.52. The molecule has 0 radical (unpaired) electrons. The van der Waals surface area contributed by atoms with Gasteiger partial charge in [0.2, 0.25) is 0 Å². The molecule has 19 heavy (non-hydrogen) atoms. The third-order valence-corrected chi connectivity index (χ3v) is 3.69. The van der Waals surface area contributed by atoms with Gasteiger partial charge in [-0.1, -0.05) is 19.3 Å². The van der Waals surface area contributed by atoms with Crippen molar-refractivity contribution in [3.8, 4) is 0 Å². The van der Waals surface area contributed by atoms with Crippen LogP contribution in [0, 0.1) is 0 Å². The Morgan fingerprint density at radius 2 is 1.84 bits per heavy atom. The average molecular weight is 269 g/mol. The zero-order valence-corrected chi connectivity index (χ0v) is 10.3. The number of hydrogen-bond acceptors (Lipinski definition) is 2. The molecule has 2 aromatic rings. The molecule has 5 heteroatoms. The Bertz CT molecular complexity index is 582. The summed E-state index contributed by atoms with van der Waals surface area (Å²) < 4.78 is 43.5. The topological polar surface area (TPSA) is 26.0 Å². The van der Waals surface area contributed by atoms with Gasteiger partial charge in [-0.15, -0.1) is 0 Å². The molecule has 1 saturated carbocycles. The van der Waals surface area contributed by atoms with E-state index in [1.807, 2.05) is 0 Å². The Morgan fingerprint density at radius 1 is 1.11 bits per heavy atom. The number of rotatable bonds is 1. The van der Waals surface area contributed by atoms with Gasteiger partial charge < -0.3 is 4.42 Å². The summed E-state index contributed by atoms with van der Waals surface area (Å²) in [4.78, 5) is 4.24. The molecule has 1 heterocycles. The molecule has 3 rings (SSSR count). The maximum Gasteiger partial charge on any atom is 0.416 e. The Labute approximate surface area is 108 Å². The van der Waals surface area contributed by atoms with Crippen molar-refractivity contribution in [2.24, 2.45) is 0 Å². The molecule has 1 aromatic heterocycles. The molecule has 0 saturated heterocycles. The molecule has 0 spiro atoms. The highest BCUT2D eigenvalue weighted by Gasteiger charge is 2.31. The highest BCUT2D eigenvalue weighted by molar-refractivity contribution is 5.73. The van der Waals surface area contributed by atoms with E-state index in [2.05, 4.69) is 4.98 Å². The van der Waals surface area contributed by atoms with Crippen LogP contribution < -0.4 is 0 Å². The predicted molar refractivity (Wildman–Crippen MR) is 64.8 cm³/mol. The second-order valence-corrected chi connectivity index (χ2v) is 5.07. The van der Waals surface area contributed by atoms with Crippen LogP contribution in [0.5, 0.6) is 0 Å². The summed E-state index contributed by atoms with van der Waals surface area (Å²) in [5.41, 5.74) is 0.0625. The van der Waals surface area contributed by atoms with Crippen molar-refractivity contribution in [1.82, 2.24) is 4.98 Å². The van der Waals surface area contributed by atoms with Crippen molar-refractivity contribution in [2.75, 3.05) is 0 Å². The first-order chi connectivity index (χ1) is 9.04. The van der Waals surface area contributed by atoms with E-state index in [4.69, 9.17) is 4.42 Å². The third-order valence-electron chi connectivity index (χ3n) is 3.69. The highest BCUT2D eigenvalue weighted by Crippen LogP contribution is 2.35. The third kappa shape index (κ3) is 2.46. The number of oxazole rings is 1. The van der Waals surface area contributed by atoms with Crippen LogP contribution >= 0.6 is 0 Å². The summed E-state index contributed by atoms with van der Waals surface area (Å²) in [6, 6.07) is 3.46. The number of benzene rings is 1. The van der Waals surface area contributed by atoms with E-state index in [0.29, 0.717) is 17.0 Å². The number of fused-ring (bicyclic) bond motifs is 1. The minimum absolute atomic E-state index is 0.260. The molecule has 0 bridgehead atoms. The largest absolute Gasteiger partial charge is 0.440 e. The van der Waals surface area contributed by atoms with Crippen LogP contribution in [0.4, 0.5) is 13.2 Å². The van der Waals surface area contributed by atoms with E-state index < -0.39 is 11.7 Å². The van der Waals surface area contributed by atoms with Gasteiger partial charge in [0, 0.05) is 5.92 Å². The van der Waals surface area contributed by atoms with E-state index in [9.17, 15) is 13.2 Å². The number of nitrogens with zero attached hydrogens (tertiary/aromatic N) is 1. The molecule has 0 unspecified atom stereocenters. The van der Waals surface area contributed by atoms with E-state index in [1.54, 1.807) is 0 Å². The fourth-order valence-electron chi connectivity index (χ4n) is 2.65. The molecule has 0 atom stereocenters. The monoisotopic (exact) mass is 269 g/mol. The van der Waals surface area contributed by atoms with Gasteiger partial charge in [-0.2, -0.15) is 13.2 Å². The van der Waals surface area contributed by atoms with E-state index in [0.717, 1.165) is 37.8 Å². The number of aromatic nitrogens is 1. The number of halogens is 3. The molecule has 0 amide bonds. The number of hydrogen-bond donors (Lipinski definition) is 0. The van der Waals surface area contributed by atoms with Crippen molar-refractivity contribution in [3.63, 3.8) is 0 Å². The van der Waals surface area contributed by atoms with Crippen molar-refractivity contribution >= 4 is 11.1 Å². The summed E-state index contributed by atoms with van der Waals surface area (Å²) >= 11 is 0. The molecule has 1 aromatic carbocycles. The van der Waals surface area contributed by atoms with E-state index in [-0.39, 0.29) is 5.92 Å². The van der Waals surface area contributed by atoms with Crippen LogP contribution in [0.2, 0.25) is 0 Å². The molecular weight excluding hydrogens is 255 g/mol. The van der Waals surface area contributed by atoms with Crippen molar-refractivity contribution in [2.45, 2.75) is 44.2 Å². The minimum Gasteiger partial charge on any atom is -0.440 e. The zero-order chi connectivity index (χ0) is 13.5. The molecule has 1 aliphatic rings. The van der Waals surface area contributed by atoms with Gasteiger partial charge in [-0.25, -0.2) is 4.98 Å². The summed E-state index contributed by atoms with van der Waals surface area (Å²) in [6.07, 6.45) is 1.18. The molecular formula is C14H14F3NO. The SMILES string of the molecule is FC(F)(F)c1ccc2oc(C3CCCCC3)nc2c1. The van der Waals surface area contributed by atoms with Crippen molar-refractivity contribution in [1.29, 1.82) is 0 Å². The van der Waals surface area contributed by atoms with Gasteiger partial charge in [0.05, 0.1) is 5.56 Å². The highest BCUT2D eigenvalue weighted by atomic mass is 19.4. The molecule has 1 aliphatic carbocycles. The Hall–Kier alpha value is -1.52. The maximum atomic E-state index is 12.6. The average Bonchev–Trinajstić information content (AvgIpc) is 2.81. The molecule has 0 aliphatic heterocycles. The fraction of sp³-hybridized carbons (Fsp3) is 0.500. The quantitative estimate of drug-likeness (QED) is 0.736. The first kappa shape index (κ1) is 12.5. The van der Waals surface area contributed by atoms with Crippen LogP contribution in [-0.4, -0.2) is 4.98 Å². The van der Waals surface area contributed by atoms with Crippen molar-refractivity contribution < 1.29 is 17.6 Å². The standard InChI is InChI=1S/C14H14F3NO/c15-14(16,17)10-6-7-12-11(8-10)18-13(19-12)9-4-2-1-3-5-9/h6-9H,1-5H2. The molecule has 2 nitrogen and oxygen atoms in total. The summed E-state index contributed by atoms with van der Waals surface area (Å²) in [7, 11) is 0. The second-order valence-electron chi connectivity index (χ2n) is 5.07. The van der Waals surface area contributed by atoms with Gasteiger partial charge >= 0.3 is 6.18 Å². The molecule has 102 valence electrons. The first-order valence-corrected chi connectivity index (χ1v) is 6.52. The van der Waals surface area contributed by atoms with Crippen LogP contribution in [0.1, 0.15) is 49.5 Å². The lowest BCUT2D eigenvalue weighted by atomic mass is 9.89. The summed E-state index contributed by atoms with van der Waals surface area (Å²) in [6.45, 7) is 0. The fourth-order valence-corrected chi connectivity index (χ4v) is 2.65. The molecule has 0 N–H and O–H groups in total. The van der Waals surface area contributed by atoms with E-state index in [1.165, 1.54) is 12.5 Å². The Morgan fingerprint density at radius 3 is 2.53 bits per heavy atom. The van der Waals surface area contributed by atoms with Gasteiger partial charge in [-0.05, 0) is 31.0 Å². The van der Waals surface area contributed by atoms with Crippen molar-refractivity contribution in [3.05, 3.63) is 29.7 Å². The Balaban J connectivity index is 1.96. The van der Waals surface area contributed by atoms with E-state index >= 15 is 0 Å². The lowest BCUT2D eigenvalue weighted by molar-refractivity contribution is -0.137. The summed E-state index contributed by atoms with van der Waals surface area (Å²) in [5, 5.41) is 0. The van der Waals surface area contributed by atoms with Crippen LogP contribution in [-0.2, 0) is 6.18 Å². The van der Waals surface area contributed by atoms with Crippen LogP contribution in [0.15, 0.2) is 22.6 Å². The smallest absolute Gasteiger partial charge is 0.416 e. The lowest BCUT2D eigenvalue weighted by Crippen LogP contribution is -2.04. The minimum atomic E-state index is -4.34. The van der Waals surface area contributed by atoms with Crippen LogP contribution in [0.3, 0.4) is 0 Å². The summed E-state index contributed by atoms with van der Waals surface area (Å²) in [5.74, 6) is 0.851. The van der Waals surface area contributed by atoms with Gasteiger partial charge in [0.25, 0.3) is 0 Å². The Kier molecular flexibility index (Phi) is 2.99. The van der Waals surface area contributed by atoms with Crippen LogP contribution in [0.25, 0.3) is 11.1 Å². The predicted octanol–water partition coefficient (Wildman–Crippen LogP) is 4.89. The lowest BCUT2D eigenvalue weighted by Gasteiger charge is -2.17. The molecule has 1 fully saturated rings. The maximum absolute atomic E-state index is 12.6. The van der Waals surface area contributed by atoms with Gasteiger partial charge in [0.15, 0.2) is 11.5 Å².